The van der Waals surface area contributed by atoms with Crippen LogP contribution in [0.15, 0.2) is 103 Å². The lowest BCUT2D eigenvalue weighted by Gasteiger charge is -2.34. The molecule has 262 valence electrons. The van der Waals surface area contributed by atoms with Gasteiger partial charge < -0.3 is 19.1 Å². The van der Waals surface area contributed by atoms with E-state index in [0.717, 1.165) is 54.2 Å². The number of hydrogen-bond acceptors (Lipinski definition) is 7. The molecular formula is C42H43ClN4O4. The van der Waals surface area contributed by atoms with Crippen molar-refractivity contribution < 1.29 is 19.0 Å². The molecule has 1 saturated heterocycles. The van der Waals surface area contributed by atoms with Gasteiger partial charge in [-0.05, 0) is 85.0 Å². The molecule has 3 heterocycles. The van der Waals surface area contributed by atoms with Gasteiger partial charge in [-0.1, -0.05) is 65.7 Å². The van der Waals surface area contributed by atoms with Crippen LogP contribution in [0, 0.1) is 20.8 Å². The summed E-state index contributed by atoms with van der Waals surface area (Å²) in [7, 11) is 0. The molecule has 0 spiro atoms. The largest absolute Gasteiger partial charge is 0.492 e. The highest BCUT2D eigenvalue weighted by molar-refractivity contribution is 6.32. The SMILES string of the molecule is Cc1ccc(COc2ccc(Oc3c(C)cc(C=CC(=O)N4CCN(Cc5ccc(CCOc6ccc(C)nc6)cc5)CC4)cc3Cl)nc2)cc1. The Labute approximate surface area is 305 Å². The fourth-order valence-corrected chi connectivity index (χ4v) is 6.06. The zero-order chi connectivity index (χ0) is 35.6. The third-order valence-corrected chi connectivity index (χ3v) is 9.05. The number of carbonyl (C=O) groups is 1. The van der Waals surface area contributed by atoms with Crippen molar-refractivity contribution in [1.29, 1.82) is 0 Å². The third kappa shape index (κ3) is 10.4. The fourth-order valence-electron chi connectivity index (χ4n) is 5.75. The van der Waals surface area contributed by atoms with E-state index in [9.17, 15) is 4.79 Å². The summed E-state index contributed by atoms with van der Waals surface area (Å²) in [6.45, 7) is 10.9. The van der Waals surface area contributed by atoms with Crippen molar-refractivity contribution in [1.82, 2.24) is 19.8 Å². The molecule has 5 aromatic rings. The third-order valence-electron chi connectivity index (χ3n) is 8.77. The van der Waals surface area contributed by atoms with Crippen LogP contribution >= 0.6 is 11.6 Å². The Balaban J connectivity index is 0.931. The van der Waals surface area contributed by atoms with Gasteiger partial charge in [0.2, 0.25) is 11.8 Å². The number of benzene rings is 3. The highest BCUT2D eigenvalue weighted by Crippen LogP contribution is 2.34. The Kier molecular flexibility index (Phi) is 12.0. The number of amides is 1. The molecule has 0 bridgehead atoms. The van der Waals surface area contributed by atoms with Crippen LogP contribution in [0.1, 0.15) is 39.1 Å². The number of aromatic nitrogens is 2. The molecule has 51 heavy (non-hydrogen) atoms. The Bertz CT molecular complexity index is 1900. The molecule has 1 aliphatic rings. The maximum absolute atomic E-state index is 13.0. The van der Waals surface area contributed by atoms with Gasteiger partial charge >= 0.3 is 0 Å². The van der Waals surface area contributed by atoms with Gasteiger partial charge in [0, 0.05) is 57.0 Å². The van der Waals surface area contributed by atoms with E-state index in [4.69, 9.17) is 25.8 Å². The van der Waals surface area contributed by atoms with Crippen LogP contribution in [0.4, 0.5) is 0 Å². The zero-order valence-corrected chi connectivity index (χ0v) is 30.1. The van der Waals surface area contributed by atoms with E-state index >= 15 is 0 Å². The minimum Gasteiger partial charge on any atom is -0.492 e. The van der Waals surface area contributed by atoms with Gasteiger partial charge in [0.25, 0.3) is 0 Å². The Morgan fingerprint density at radius 1 is 0.784 bits per heavy atom. The van der Waals surface area contributed by atoms with Gasteiger partial charge in [-0.25, -0.2) is 4.98 Å². The van der Waals surface area contributed by atoms with E-state index in [-0.39, 0.29) is 5.91 Å². The Hall–Kier alpha value is -5.18. The van der Waals surface area contributed by atoms with Crippen molar-refractivity contribution in [2.24, 2.45) is 0 Å². The molecule has 1 amide bonds. The number of piperazine rings is 1. The molecule has 1 aliphatic heterocycles. The number of aryl methyl sites for hydroxylation is 3. The number of nitrogens with zero attached hydrogens (tertiary/aromatic N) is 4. The van der Waals surface area contributed by atoms with E-state index in [1.807, 2.05) is 55.1 Å². The predicted molar refractivity (Wildman–Crippen MR) is 202 cm³/mol. The molecule has 0 saturated carbocycles. The number of hydrogen-bond donors (Lipinski definition) is 0. The lowest BCUT2D eigenvalue weighted by molar-refractivity contribution is -0.127. The number of rotatable bonds is 13. The van der Waals surface area contributed by atoms with Crippen LogP contribution in [-0.4, -0.2) is 58.5 Å². The average molecular weight is 703 g/mol. The maximum Gasteiger partial charge on any atom is 0.246 e. The lowest BCUT2D eigenvalue weighted by Crippen LogP contribution is -2.47. The summed E-state index contributed by atoms with van der Waals surface area (Å²) in [4.78, 5) is 26.0. The summed E-state index contributed by atoms with van der Waals surface area (Å²) in [5.74, 6) is 2.37. The molecule has 0 aliphatic carbocycles. The van der Waals surface area contributed by atoms with Crippen LogP contribution in [0.2, 0.25) is 5.02 Å². The summed E-state index contributed by atoms with van der Waals surface area (Å²) in [6, 6.07) is 28.2. The number of pyridine rings is 2. The van der Waals surface area contributed by atoms with E-state index < -0.39 is 0 Å². The molecule has 0 unspecified atom stereocenters. The minimum atomic E-state index is -0.00868. The first-order chi connectivity index (χ1) is 24.8. The molecule has 1 fully saturated rings. The number of halogens is 1. The fraction of sp³-hybridized carbons (Fsp3) is 0.262. The van der Waals surface area contributed by atoms with E-state index in [2.05, 4.69) is 58.2 Å². The highest BCUT2D eigenvalue weighted by Gasteiger charge is 2.20. The van der Waals surface area contributed by atoms with Crippen LogP contribution in [0.3, 0.4) is 0 Å². The molecule has 0 radical (unpaired) electrons. The molecule has 3 aromatic carbocycles. The quantitative estimate of drug-likeness (QED) is 0.114. The zero-order valence-electron chi connectivity index (χ0n) is 29.3. The Morgan fingerprint density at radius 3 is 2.16 bits per heavy atom. The van der Waals surface area contributed by atoms with Crippen LogP contribution in [-0.2, 0) is 24.4 Å². The predicted octanol–water partition coefficient (Wildman–Crippen LogP) is 8.41. The Morgan fingerprint density at radius 2 is 1.47 bits per heavy atom. The van der Waals surface area contributed by atoms with Crippen molar-refractivity contribution in [2.45, 2.75) is 40.3 Å². The lowest BCUT2D eigenvalue weighted by atomic mass is 10.1. The molecule has 8 nitrogen and oxygen atoms in total. The second-order valence-corrected chi connectivity index (χ2v) is 13.2. The van der Waals surface area contributed by atoms with Crippen LogP contribution < -0.4 is 14.2 Å². The summed E-state index contributed by atoms with van der Waals surface area (Å²) < 4.78 is 17.7. The molecular weight excluding hydrogens is 660 g/mol. The van der Waals surface area contributed by atoms with Gasteiger partial charge in [-0.3, -0.25) is 14.7 Å². The molecule has 0 atom stereocenters. The van der Waals surface area contributed by atoms with Gasteiger partial charge in [0.15, 0.2) is 5.75 Å². The molecule has 6 rings (SSSR count). The normalized spacial score (nSPS) is 13.4. The van der Waals surface area contributed by atoms with Crippen LogP contribution in [0.25, 0.3) is 6.08 Å². The minimum absolute atomic E-state index is 0.00868. The second kappa shape index (κ2) is 17.2. The summed E-state index contributed by atoms with van der Waals surface area (Å²) in [5, 5.41) is 0.443. The number of ether oxygens (including phenoxy) is 3. The summed E-state index contributed by atoms with van der Waals surface area (Å²) in [6.07, 6.45) is 7.66. The standard InChI is InChI=1S/C42H43ClN4O4/c1-30-4-7-35(8-5-30)29-50-38-15-16-40(45-27-38)51-42-31(2)24-36(25-39(42)43)13-17-41(48)47-21-19-46(20-22-47)28-34-11-9-33(10-12-34)18-23-49-37-14-6-32(3)44-26-37/h4-17,24-27H,18-23,28-29H2,1-3H3. The van der Waals surface area contributed by atoms with Crippen molar-refractivity contribution >= 4 is 23.6 Å². The number of carbonyl (C=O) groups excluding carboxylic acids is 1. The smallest absolute Gasteiger partial charge is 0.246 e. The van der Waals surface area contributed by atoms with Crippen molar-refractivity contribution in [3.05, 3.63) is 147 Å². The van der Waals surface area contributed by atoms with E-state index in [1.54, 1.807) is 36.7 Å². The van der Waals surface area contributed by atoms with Crippen LogP contribution in [0.5, 0.6) is 23.1 Å². The van der Waals surface area contributed by atoms with Crippen molar-refractivity contribution in [3.8, 4) is 23.1 Å². The molecule has 2 aromatic heterocycles. The van der Waals surface area contributed by atoms with Gasteiger partial charge in [0.05, 0.1) is 24.0 Å². The molecule has 9 heteroatoms. The monoisotopic (exact) mass is 702 g/mol. The first-order valence-corrected chi connectivity index (χ1v) is 17.6. The van der Waals surface area contributed by atoms with Crippen molar-refractivity contribution in [3.63, 3.8) is 0 Å². The van der Waals surface area contributed by atoms with Crippen molar-refractivity contribution in [2.75, 3.05) is 32.8 Å². The summed E-state index contributed by atoms with van der Waals surface area (Å²) >= 11 is 6.63. The van der Waals surface area contributed by atoms with Gasteiger partial charge in [-0.2, -0.15) is 0 Å². The van der Waals surface area contributed by atoms with E-state index in [1.165, 1.54) is 16.7 Å². The average Bonchev–Trinajstić information content (AvgIpc) is 3.14. The molecule has 0 N–H and O–H groups in total. The first-order valence-electron chi connectivity index (χ1n) is 17.2. The summed E-state index contributed by atoms with van der Waals surface area (Å²) in [5.41, 5.74) is 7.44. The second-order valence-electron chi connectivity index (χ2n) is 12.8. The van der Waals surface area contributed by atoms with Gasteiger partial charge in [-0.15, -0.1) is 0 Å². The first kappa shape index (κ1) is 35.6. The topological polar surface area (TPSA) is 77.0 Å². The van der Waals surface area contributed by atoms with Gasteiger partial charge in [0.1, 0.15) is 18.1 Å². The highest BCUT2D eigenvalue weighted by atomic mass is 35.5. The van der Waals surface area contributed by atoms with E-state index in [0.29, 0.717) is 48.7 Å². The maximum atomic E-state index is 13.0.